The van der Waals surface area contributed by atoms with Gasteiger partial charge < -0.3 is 17.5 Å². The van der Waals surface area contributed by atoms with Crippen LogP contribution in [0.3, 0.4) is 0 Å². The summed E-state index contributed by atoms with van der Waals surface area (Å²) in [5.41, 5.74) is 0. The van der Waals surface area contributed by atoms with Gasteiger partial charge in [-0.25, -0.2) is 9.13 Å². The fourth-order valence-corrected chi connectivity index (χ4v) is 1.90. The molecule has 0 rings (SSSR count). The van der Waals surface area contributed by atoms with E-state index >= 15 is 0 Å². The van der Waals surface area contributed by atoms with Gasteiger partial charge in [-0.15, -0.1) is 0 Å². The van der Waals surface area contributed by atoms with Crippen molar-refractivity contribution in [3.63, 3.8) is 0 Å². The molecule has 0 heterocycles. The minimum Gasteiger partial charge on any atom is -1.00 e. The maximum atomic E-state index is 9.84. The van der Waals surface area contributed by atoms with Crippen LogP contribution in [0.4, 0.5) is 0 Å². The van der Waals surface area contributed by atoms with Crippen molar-refractivity contribution in [3.8, 4) is 0 Å². The summed E-state index contributed by atoms with van der Waals surface area (Å²) in [5, 5.41) is 0. The van der Waals surface area contributed by atoms with Crippen molar-refractivity contribution >= 4 is 71.5 Å². The van der Waals surface area contributed by atoms with Gasteiger partial charge in [0, 0.05) is 11.2 Å². The van der Waals surface area contributed by atoms with Crippen LogP contribution in [0.25, 0.3) is 0 Å². The monoisotopic (exact) mass is 286 g/mol. The molecule has 6 nitrogen and oxygen atoms in total. The Morgan fingerprint density at radius 1 is 1.30 bits per heavy atom. The molecule has 3 N–H and O–H groups in total. The van der Waals surface area contributed by atoms with Gasteiger partial charge in [0.25, 0.3) is 0 Å². The SMILES string of the molecule is O=P(O)(O)OP(=O)(O)Cl.[H-].[H-].[Sr+2]. The Morgan fingerprint density at radius 2 is 1.60 bits per heavy atom. The van der Waals surface area contributed by atoms with Gasteiger partial charge in [0.2, 0.25) is 0 Å². The van der Waals surface area contributed by atoms with Crippen LogP contribution in [0.1, 0.15) is 2.85 Å². The van der Waals surface area contributed by atoms with Crippen molar-refractivity contribution in [1.82, 2.24) is 0 Å². The van der Waals surface area contributed by atoms with Crippen molar-refractivity contribution < 1.29 is 31.0 Å². The third-order valence-electron chi connectivity index (χ3n) is 0.207. The quantitative estimate of drug-likeness (QED) is 0.497. The van der Waals surface area contributed by atoms with Gasteiger partial charge in [-0.1, -0.05) is 0 Å². The second-order valence-corrected chi connectivity index (χ2v) is 4.84. The molecule has 60 valence electrons. The van der Waals surface area contributed by atoms with E-state index in [-0.39, 0.29) is 48.3 Å². The minimum atomic E-state index is -4.93. The molecule has 10 heavy (non-hydrogen) atoms. The second-order valence-electron chi connectivity index (χ2n) is 1.02. The minimum absolute atomic E-state index is 0. The Balaban J connectivity index is -0.000000107. The Bertz CT molecular complexity index is 164. The van der Waals surface area contributed by atoms with Crippen LogP contribution in [0, 0.1) is 0 Å². The van der Waals surface area contributed by atoms with Crippen molar-refractivity contribution in [1.29, 1.82) is 0 Å². The molecular formula is H5ClO6P2Sr. The predicted octanol–water partition coefficient (Wildman–Crippen LogP) is 0.279. The zero-order chi connectivity index (χ0) is 7.71. The molecule has 0 radical (unpaired) electrons. The summed E-state index contributed by atoms with van der Waals surface area (Å²) >= 11 is 4.41. The topological polar surface area (TPSA) is 104 Å². The van der Waals surface area contributed by atoms with Crippen molar-refractivity contribution in [2.75, 3.05) is 0 Å². The number of halogens is 1. The van der Waals surface area contributed by atoms with E-state index in [1.807, 2.05) is 0 Å². The smallest absolute Gasteiger partial charge is 1.00 e. The predicted molar refractivity (Wildman–Crippen MR) is 36.8 cm³/mol. The molecular weight excluding hydrogens is 281 g/mol. The average molecular weight is 286 g/mol. The maximum Gasteiger partial charge on any atom is 2.00 e. The first kappa shape index (κ1) is 14.6. The molecule has 0 aliphatic heterocycles. The van der Waals surface area contributed by atoms with Crippen molar-refractivity contribution in [2.45, 2.75) is 0 Å². The molecule has 0 saturated carbocycles. The summed E-state index contributed by atoms with van der Waals surface area (Å²) < 4.78 is 22.7. The van der Waals surface area contributed by atoms with E-state index in [0.717, 1.165) is 0 Å². The number of phosphoric acid groups is 1. The zero-order valence-corrected chi connectivity index (χ0v) is 10.6. The molecule has 0 aromatic heterocycles. The Hall–Kier alpha value is 2.07. The zero-order valence-electron chi connectivity index (χ0n) is 6.55. The fraction of sp³-hybridized carbons (Fsp3) is 0. The summed E-state index contributed by atoms with van der Waals surface area (Å²) in [6, 6.07) is 0. The molecule has 1 atom stereocenters. The summed E-state index contributed by atoms with van der Waals surface area (Å²) in [4.78, 5) is 23.6. The van der Waals surface area contributed by atoms with E-state index in [1.54, 1.807) is 0 Å². The van der Waals surface area contributed by atoms with Crippen LogP contribution in [-0.4, -0.2) is 60.2 Å². The molecule has 0 aromatic carbocycles. The summed E-state index contributed by atoms with van der Waals surface area (Å²) in [5.74, 6) is 0. The van der Waals surface area contributed by atoms with Gasteiger partial charge >= 0.3 is 60.3 Å². The van der Waals surface area contributed by atoms with Crippen molar-refractivity contribution in [2.24, 2.45) is 0 Å². The van der Waals surface area contributed by atoms with Crippen LogP contribution in [-0.2, 0) is 13.4 Å². The molecule has 0 aliphatic carbocycles. The molecule has 0 spiro atoms. The average Bonchev–Trinajstić information content (AvgIpc) is 1.14. The van der Waals surface area contributed by atoms with Crippen LogP contribution in [0.15, 0.2) is 0 Å². The van der Waals surface area contributed by atoms with Crippen LogP contribution in [0.5, 0.6) is 0 Å². The molecule has 0 saturated heterocycles. The van der Waals surface area contributed by atoms with Gasteiger partial charge in [0.05, 0.1) is 0 Å². The fourth-order valence-electron chi connectivity index (χ4n) is 0.131. The second kappa shape index (κ2) is 4.94. The molecule has 0 fully saturated rings. The van der Waals surface area contributed by atoms with E-state index in [9.17, 15) is 9.13 Å². The summed E-state index contributed by atoms with van der Waals surface area (Å²) in [6.45, 7) is -4.58. The Labute approximate surface area is 101 Å². The van der Waals surface area contributed by atoms with E-state index in [2.05, 4.69) is 15.6 Å². The first-order valence-corrected chi connectivity index (χ1v) is 5.51. The molecule has 10 heteroatoms. The number of hydrogen-bond acceptors (Lipinski definition) is 3. The molecule has 0 aromatic rings. The van der Waals surface area contributed by atoms with Crippen molar-refractivity contribution in [3.05, 3.63) is 0 Å². The number of rotatable bonds is 2. The molecule has 0 amide bonds. The van der Waals surface area contributed by atoms with Gasteiger partial charge in [0.1, 0.15) is 0 Å². The third-order valence-corrected chi connectivity index (χ3v) is 2.42. The number of hydrogen-bond donors (Lipinski definition) is 3. The summed E-state index contributed by atoms with van der Waals surface area (Å²) in [7, 11) is -4.93. The van der Waals surface area contributed by atoms with Gasteiger partial charge in [-0.2, -0.15) is 4.31 Å². The largest absolute Gasteiger partial charge is 2.00 e. The first-order valence-electron chi connectivity index (χ1n) is 1.50. The van der Waals surface area contributed by atoms with Crippen LogP contribution < -0.4 is 0 Å². The van der Waals surface area contributed by atoms with E-state index in [1.165, 1.54) is 0 Å². The van der Waals surface area contributed by atoms with Crippen LogP contribution >= 0.6 is 26.0 Å². The van der Waals surface area contributed by atoms with E-state index in [4.69, 9.17) is 14.7 Å². The van der Waals surface area contributed by atoms with Gasteiger partial charge in [-0.05, 0) is 0 Å². The normalized spacial score (nSPS) is 17.2. The molecule has 1 unspecified atom stereocenters. The first-order chi connectivity index (χ1) is 3.71. The molecule has 0 aliphatic rings. The maximum absolute atomic E-state index is 9.84. The Morgan fingerprint density at radius 3 is 1.60 bits per heavy atom. The van der Waals surface area contributed by atoms with E-state index in [0.29, 0.717) is 0 Å². The van der Waals surface area contributed by atoms with Gasteiger partial charge in [0.15, 0.2) is 0 Å². The van der Waals surface area contributed by atoms with Crippen LogP contribution in [0.2, 0.25) is 0 Å². The summed E-state index contributed by atoms with van der Waals surface area (Å²) in [6.07, 6.45) is 0. The third kappa shape index (κ3) is 12.7. The molecule has 0 bridgehead atoms. The van der Waals surface area contributed by atoms with E-state index < -0.39 is 14.8 Å². The standard InChI is InChI=1S/ClH3O6P2.Sr.2H/c1-8(2,3)7-9(4,5)6;;;/h(H,2,3)(H2,4,5,6);;;/q;+2;2*-1. The van der Waals surface area contributed by atoms with Gasteiger partial charge in [-0.3, -0.25) is 0 Å². The Kier molecular flexibility index (Phi) is 7.21.